The van der Waals surface area contributed by atoms with E-state index in [0.29, 0.717) is 11.3 Å². The summed E-state index contributed by atoms with van der Waals surface area (Å²) in [6.45, 7) is 9.11. The first-order valence-corrected chi connectivity index (χ1v) is 8.01. The molecule has 1 atom stereocenters. The Kier molecular flexibility index (Phi) is 3.16. The fraction of sp³-hybridized carbons (Fsp3) is 0.733. The molecule has 0 amide bonds. The monoisotopic (exact) mass is 278 g/mol. The van der Waals surface area contributed by atoms with Crippen molar-refractivity contribution < 1.29 is 4.79 Å². The molecular formula is C15H22N2OS. The second-order valence-corrected chi connectivity index (χ2v) is 7.94. The lowest BCUT2D eigenvalue weighted by Gasteiger charge is -2.26. The number of anilines is 1. The van der Waals surface area contributed by atoms with Gasteiger partial charge in [0, 0.05) is 19.0 Å². The van der Waals surface area contributed by atoms with Crippen LogP contribution in [0.15, 0.2) is 0 Å². The molecule has 0 spiro atoms. The Labute approximate surface area is 119 Å². The number of hydrogen-bond donors (Lipinski definition) is 0. The van der Waals surface area contributed by atoms with Gasteiger partial charge < -0.3 is 4.90 Å². The highest BCUT2D eigenvalue weighted by Crippen LogP contribution is 2.44. The lowest BCUT2D eigenvalue weighted by molar-refractivity contribution is 0.112. The summed E-state index contributed by atoms with van der Waals surface area (Å²) >= 11 is 1.58. The van der Waals surface area contributed by atoms with Crippen molar-refractivity contribution >= 4 is 22.8 Å². The standard InChI is InChI=1S/C15H22N2OS/c1-15(2,3)11-6-7-17(8-11)14-16-13(10-4-5-10)12(9-18)19-14/h9-11H,4-8H2,1-3H3. The van der Waals surface area contributed by atoms with E-state index in [0.717, 1.165) is 41.0 Å². The van der Waals surface area contributed by atoms with Crippen LogP contribution in [0.25, 0.3) is 0 Å². The maximum atomic E-state index is 11.2. The van der Waals surface area contributed by atoms with Crippen LogP contribution in [0.4, 0.5) is 5.13 Å². The van der Waals surface area contributed by atoms with Gasteiger partial charge in [0.1, 0.15) is 0 Å². The molecule has 4 heteroatoms. The van der Waals surface area contributed by atoms with Gasteiger partial charge in [-0.2, -0.15) is 0 Å². The van der Waals surface area contributed by atoms with E-state index in [1.165, 1.54) is 19.3 Å². The predicted octanol–water partition coefficient (Wildman–Crippen LogP) is 3.71. The highest BCUT2D eigenvalue weighted by Gasteiger charge is 2.35. The van der Waals surface area contributed by atoms with Crippen molar-refractivity contribution in [2.45, 2.75) is 46.0 Å². The number of carbonyl (C=O) groups excluding carboxylic acids is 1. The van der Waals surface area contributed by atoms with E-state index in [9.17, 15) is 4.79 Å². The first kappa shape index (κ1) is 13.1. The molecule has 0 N–H and O–H groups in total. The van der Waals surface area contributed by atoms with Crippen molar-refractivity contribution in [1.29, 1.82) is 0 Å². The number of carbonyl (C=O) groups is 1. The van der Waals surface area contributed by atoms with Gasteiger partial charge in [-0.3, -0.25) is 4.79 Å². The van der Waals surface area contributed by atoms with Gasteiger partial charge in [0.25, 0.3) is 0 Å². The van der Waals surface area contributed by atoms with E-state index >= 15 is 0 Å². The van der Waals surface area contributed by atoms with Crippen LogP contribution >= 0.6 is 11.3 Å². The van der Waals surface area contributed by atoms with Gasteiger partial charge in [0.15, 0.2) is 11.4 Å². The van der Waals surface area contributed by atoms with Crippen molar-refractivity contribution in [3.63, 3.8) is 0 Å². The van der Waals surface area contributed by atoms with Crippen LogP contribution in [0.3, 0.4) is 0 Å². The summed E-state index contributed by atoms with van der Waals surface area (Å²) in [6, 6.07) is 0. The summed E-state index contributed by atoms with van der Waals surface area (Å²) in [7, 11) is 0. The van der Waals surface area contributed by atoms with Crippen LogP contribution in [0.2, 0.25) is 0 Å². The van der Waals surface area contributed by atoms with Crippen LogP contribution in [0, 0.1) is 11.3 Å². The first-order chi connectivity index (χ1) is 8.99. The summed E-state index contributed by atoms with van der Waals surface area (Å²) in [5.41, 5.74) is 1.42. The number of hydrogen-bond acceptors (Lipinski definition) is 4. The van der Waals surface area contributed by atoms with Crippen molar-refractivity contribution in [1.82, 2.24) is 4.98 Å². The summed E-state index contributed by atoms with van der Waals surface area (Å²) in [6.07, 6.45) is 4.63. The van der Waals surface area contributed by atoms with Crippen LogP contribution in [-0.4, -0.2) is 24.4 Å². The summed E-state index contributed by atoms with van der Waals surface area (Å²) in [5, 5.41) is 1.07. The zero-order chi connectivity index (χ0) is 13.6. The molecule has 1 unspecified atom stereocenters. The van der Waals surface area contributed by atoms with E-state index in [4.69, 9.17) is 4.98 Å². The van der Waals surface area contributed by atoms with Crippen LogP contribution < -0.4 is 4.90 Å². The van der Waals surface area contributed by atoms with Crippen molar-refractivity contribution in [3.05, 3.63) is 10.6 Å². The van der Waals surface area contributed by atoms with E-state index in [-0.39, 0.29) is 0 Å². The van der Waals surface area contributed by atoms with Crippen molar-refractivity contribution in [2.24, 2.45) is 11.3 Å². The minimum absolute atomic E-state index is 0.360. The molecular weight excluding hydrogens is 256 g/mol. The maximum absolute atomic E-state index is 11.2. The van der Waals surface area contributed by atoms with Gasteiger partial charge in [-0.05, 0) is 30.6 Å². The average Bonchev–Trinajstić information content (AvgIpc) is 2.92. The Morgan fingerprint density at radius 2 is 2.05 bits per heavy atom. The summed E-state index contributed by atoms with van der Waals surface area (Å²) < 4.78 is 0. The molecule has 1 aliphatic heterocycles. The van der Waals surface area contributed by atoms with E-state index in [1.807, 2.05) is 0 Å². The molecule has 2 heterocycles. The van der Waals surface area contributed by atoms with E-state index in [1.54, 1.807) is 11.3 Å². The number of aldehydes is 1. The van der Waals surface area contributed by atoms with Crippen molar-refractivity contribution in [3.8, 4) is 0 Å². The molecule has 1 saturated heterocycles. The Balaban J connectivity index is 1.78. The van der Waals surface area contributed by atoms with Crippen LogP contribution in [0.1, 0.15) is 61.3 Å². The highest BCUT2D eigenvalue weighted by molar-refractivity contribution is 7.17. The van der Waals surface area contributed by atoms with Gasteiger partial charge in [0.2, 0.25) is 0 Å². The first-order valence-electron chi connectivity index (χ1n) is 7.20. The largest absolute Gasteiger partial charge is 0.348 e. The lowest BCUT2D eigenvalue weighted by atomic mass is 9.80. The lowest BCUT2D eigenvalue weighted by Crippen LogP contribution is -2.25. The minimum Gasteiger partial charge on any atom is -0.348 e. The normalized spacial score (nSPS) is 23.9. The molecule has 0 radical (unpaired) electrons. The second-order valence-electron chi connectivity index (χ2n) is 6.94. The quantitative estimate of drug-likeness (QED) is 0.790. The molecule has 0 aromatic carbocycles. The minimum atomic E-state index is 0.360. The summed E-state index contributed by atoms with van der Waals surface area (Å²) in [4.78, 5) is 19.2. The Hall–Kier alpha value is -0.900. The van der Waals surface area contributed by atoms with Gasteiger partial charge in [-0.1, -0.05) is 32.1 Å². The van der Waals surface area contributed by atoms with Gasteiger partial charge >= 0.3 is 0 Å². The second kappa shape index (κ2) is 4.58. The Bertz CT molecular complexity index is 485. The van der Waals surface area contributed by atoms with Gasteiger partial charge in [-0.15, -0.1) is 0 Å². The van der Waals surface area contributed by atoms with Crippen molar-refractivity contribution in [2.75, 3.05) is 18.0 Å². The molecule has 104 valence electrons. The van der Waals surface area contributed by atoms with Gasteiger partial charge in [-0.25, -0.2) is 4.98 Å². The third kappa shape index (κ3) is 2.55. The zero-order valence-corrected chi connectivity index (χ0v) is 12.8. The third-order valence-corrected chi connectivity index (χ3v) is 5.48. The number of thiazole rings is 1. The SMILES string of the molecule is CC(C)(C)C1CCN(c2nc(C3CC3)c(C=O)s2)C1. The molecule has 0 bridgehead atoms. The molecule has 3 nitrogen and oxygen atoms in total. The molecule has 1 aromatic rings. The van der Waals surface area contributed by atoms with Crippen LogP contribution in [-0.2, 0) is 0 Å². The van der Waals surface area contributed by atoms with E-state index in [2.05, 4.69) is 25.7 Å². The van der Waals surface area contributed by atoms with E-state index < -0.39 is 0 Å². The number of nitrogens with zero attached hydrogens (tertiary/aromatic N) is 2. The molecule has 1 aliphatic carbocycles. The molecule has 3 rings (SSSR count). The number of aromatic nitrogens is 1. The molecule has 2 aliphatic rings. The highest BCUT2D eigenvalue weighted by atomic mass is 32.1. The Morgan fingerprint density at radius 3 is 2.58 bits per heavy atom. The summed E-state index contributed by atoms with van der Waals surface area (Å²) in [5.74, 6) is 1.28. The molecule has 1 aromatic heterocycles. The fourth-order valence-corrected chi connectivity index (χ4v) is 3.84. The number of rotatable bonds is 3. The molecule has 19 heavy (non-hydrogen) atoms. The molecule has 1 saturated carbocycles. The smallest absolute Gasteiger partial charge is 0.186 e. The van der Waals surface area contributed by atoms with Crippen LogP contribution in [0.5, 0.6) is 0 Å². The molecule has 2 fully saturated rings. The Morgan fingerprint density at radius 1 is 1.32 bits per heavy atom. The maximum Gasteiger partial charge on any atom is 0.186 e. The zero-order valence-electron chi connectivity index (χ0n) is 12.0. The van der Waals surface area contributed by atoms with Gasteiger partial charge in [0.05, 0.1) is 10.6 Å². The fourth-order valence-electron chi connectivity index (χ4n) is 2.84. The third-order valence-electron chi connectivity index (χ3n) is 4.42. The topological polar surface area (TPSA) is 33.2 Å². The average molecular weight is 278 g/mol. The predicted molar refractivity (Wildman–Crippen MR) is 79.3 cm³/mol.